The summed E-state index contributed by atoms with van der Waals surface area (Å²) in [5, 5.41) is 5.19. The zero-order chi connectivity index (χ0) is 18.7. The molecule has 0 bridgehead atoms. The average Bonchev–Trinajstić information content (AvgIpc) is 2.62. The zero-order valence-corrected chi connectivity index (χ0v) is 16.8. The second kappa shape index (κ2) is 8.53. The van der Waals surface area contributed by atoms with E-state index in [1.54, 1.807) is 6.07 Å². The van der Waals surface area contributed by atoms with Crippen molar-refractivity contribution in [3.8, 4) is 0 Å². The number of benzene rings is 2. The van der Waals surface area contributed by atoms with Crippen LogP contribution in [-0.2, 0) is 6.54 Å². The number of anilines is 1. The molecule has 1 aliphatic heterocycles. The van der Waals surface area contributed by atoms with E-state index in [-0.39, 0.29) is 5.82 Å². The van der Waals surface area contributed by atoms with Crippen molar-refractivity contribution in [1.82, 2.24) is 9.80 Å². The maximum Gasteiger partial charge on any atom is 0.173 e. The second-order valence-electron chi connectivity index (χ2n) is 6.34. The van der Waals surface area contributed by atoms with Gasteiger partial charge in [-0.15, -0.1) is 0 Å². The van der Waals surface area contributed by atoms with Crippen molar-refractivity contribution < 1.29 is 4.39 Å². The summed E-state index contributed by atoms with van der Waals surface area (Å²) in [6.07, 6.45) is 0. The summed E-state index contributed by atoms with van der Waals surface area (Å²) >= 11 is 17.8. The van der Waals surface area contributed by atoms with Crippen LogP contribution in [0.3, 0.4) is 0 Å². The van der Waals surface area contributed by atoms with Crippen LogP contribution in [0.5, 0.6) is 0 Å². The van der Waals surface area contributed by atoms with Crippen LogP contribution < -0.4 is 5.32 Å². The summed E-state index contributed by atoms with van der Waals surface area (Å²) in [6, 6.07) is 10.3. The maximum absolute atomic E-state index is 13.2. The zero-order valence-electron chi connectivity index (χ0n) is 14.4. The molecule has 0 amide bonds. The third kappa shape index (κ3) is 4.65. The fourth-order valence-electron chi connectivity index (χ4n) is 2.94. The van der Waals surface area contributed by atoms with Gasteiger partial charge in [-0.3, -0.25) is 4.90 Å². The summed E-state index contributed by atoms with van der Waals surface area (Å²) < 4.78 is 13.2. The highest BCUT2D eigenvalue weighted by Gasteiger charge is 2.20. The molecule has 1 saturated heterocycles. The summed E-state index contributed by atoms with van der Waals surface area (Å²) in [6.45, 7) is 6.06. The molecule has 0 unspecified atom stereocenters. The predicted molar refractivity (Wildman–Crippen MR) is 111 cm³/mol. The van der Waals surface area contributed by atoms with E-state index in [1.807, 2.05) is 25.1 Å². The van der Waals surface area contributed by atoms with Crippen LogP contribution in [0.25, 0.3) is 0 Å². The van der Waals surface area contributed by atoms with Crippen molar-refractivity contribution in [2.75, 3.05) is 31.5 Å². The highest BCUT2D eigenvalue weighted by atomic mass is 35.5. The normalized spacial score (nSPS) is 15.2. The van der Waals surface area contributed by atoms with E-state index in [9.17, 15) is 4.39 Å². The first kappa shape index (κ1) is 19.4. The van der Waals surface area contributed by atoms with E-state index in [0.29, 0.717) is 16.7 Å². The molecule has 1 N–H and O–H groups in total. The lowest BCUT2D eigenvalue weighted by Gasteiger charge is -2.36. The van der Waals surface area contributed by atoms with Crippen molar-refractivity contribution in [3.63, 3.8) is 0 Å². The molecule has 1 fully saturated rings. The molecule has 26 heavy (non-hydrogen) atoms. The molecule has 0 spiro atoms. The van der Waals surface area contributed by atoms with Crippen LogP contribution >= 0.6 is 35.4 Å². The lowest BCUT2D eigenvalue weighted by molar-refractivity contribution is 0.177. The molecule has 3 rings (SSSR count). The molecule has 3 nitrogen and oxygen atoms in total. The number of nitrogens with zero attached hydrogens (tertiary/aromatic N) is 2. The van der Waals surface area contributed by atoms with Gasteiger partial charge in [-0.25, -0.2) is 4.39 Å². The molecule has 0 aromatic heterocycles. The summed E-state index contributed by atoms with van der Waals surface area (Å²) in [5.41, 5.74) is 2.86. The fraction of sp³-hybridized carbons (Fsp3) is 0.316. The van der Waals surface area contributed by atoms with Crippen molar-refractivity contribution >= 4 is 46.2 Å². The van der Waals surface area contributed by atoms with Gasteiger partial charge in [0.2, 0.25) is 0 Å². The van der Waals surface area contributed by atoms with E-state index < -0.39 is 0 Å². The summed E-state index contributed by atoms with van der Waals surface area (Å²) in [4.78, 5) is 4.45. The van der Waals surface area contributed by atoms with Crippen molar-refractivity contribution in [2.24, 2.45) is 0 Å². The van der Waals surface area contributed by atoms with Gasteiger partial charge in [0.15, 0.2) is 5.11 Å². The van der Waals surface area contributed by atoms with E-state index in [2.05, 4.69) is 15.1 Å². The van der Waals surface area contributed by atoms with E-state index in [1.165, 1.54) is 12.1 Å². The number of hydrogen-bond acceptors (Lipinski definition) is 2. The first-order chi connectivity index (χ1) is 12.4. The SMILES string of the molecule is Cc1c(Cl)cccc1NC(=S)N1CCN(Cc2ccc(F)cc2Cl)CC1. The predicted octanol–water partition coefficient (Wildman–Crippen LogP) is 4.96. The quantitative estimate of drug-likeness (QED) is 0.719. The fourth-order valence-corrected chi connectivity index (χ4v) is 3.63. The molecule has 1 aliphatic rings. The number of halogens is 3. The molecular formula is C19H20Cl2FN3S. The van der Waals surface area contributed by atoms with Gasteiger partial charge < -0.3 is 10.2 Å². The summed E-state index contributed by atoms with van der Waals surface area (Å²) in [5.74, 6) is -0.309. The molecule has 0 radical (unpaired) electrons. The van der Waals surface area contributed by atoms with Gasteiger partial charge in [0.25, 0.3) is 0 Å². The van der Waals surface area contributed by atoms with Gasteiger partial charge in [0.1, 0.15) is 5.82 Å². The Hall–Kier alpha value is -1.40. The Morgan fingerprint density at radius 1 is 1.12 bits per heavy atom. The van der Waals surface area contributed by atoms with Crippen LogP contribution in [0, 0.1) is 12.7 Å². The lowest BCUT2D eigenvalue weighted by atomic mass is 10.2. The van der Waals surface area contributed by atoms with Gasteiger partial charge in [0.05, 0.1) is 0 Å². The average molecular weight is 412 g/mol. The molecule has 2 aromatic carbocycles. The first-order valence-corrected chi connectivity index (χ1v) is 9.58. The Bertz CT molecular complexity index is 807. The Labute approximate surface area is 168 Å². The van der Waals surface area contributed by atoms with Crippen LogP contribution in [0.1, 0.15) is 11.1 Å². The largest absolute Gasteiger partial charge is 0.346 e. The number of piperazine rings is 1. The Morgan fingerprint density at radius 3 is 2.54 bits per heavy atom. The third-order valence-corrected chi connectivity index (χ3v) is 5.70. The van der Waals surface area contributed by atoms with E-state index in [4.69, 9.17) is 35.4 Å². The van der Waals surface area contributed by atoms with Crippen LogP contribution in [-0.4, -0.2) is 41.1 Å². The van der Waals surface area contributed by atoms with Crippen molar-refractivity contribution in [2.45, 2.75) is 13.5 Å². The number of nitrogens with one attached hydrogen (secondary N) is 1. The van der Waals surface area contributed by atoms with Crippen molar-refractivity contribution in [3.05, 3.63) is 63.4 Å². The number of rotatable bonds is 3. The van der Waals surface area contributed by atoms with E-state index in [0.717, 1.165) is 48.0 Å². The van der Waals surface area contributed by atoms with Crippen LogP contribution in [0.15, 0.2) is 36.4 Å². The highest BCUT2D eigenvalue weighted by molar-refractivity contribution is 7.80. The minimum atomic E-state index is -0.309. The number of hydrogen-bond donors (Lipinski definition) is 1. The van der Waals surface area contributed by atoms with Gasteiger partial charge in [-0.05, 0) is 54.5 Å². The first-order valence-electron chi connectivity index (χ1n) is 8.41. The molecule has 7 heteroatoms. The molecule has 2 aromatic rings. The molecular weight excluding hydrogens is 392 g/mol. The standard InChI is InChI=1S/C19H20Cl2FN3S/c1-13-16(20)3-2-4-18(13)23-19(26)25-9-7-24(8-10-25)12-14-5-6-15(22)11-17(14)21/h2-6,11H,7-10,12H2,1H3,(H,23,26). The van der Waals surface area contributed by atoms with Gasteiger partial charge in [-0.1, -0.05) is 35.3 Å². The maximum atomic E-state index is 13.2. The second-order valence-corrected chi connectivity index (χ2v) is 7.54. The Morgan fingerprint density at radius 2 is 1.85 bits per heavy atom. The third-order valence-electron chi connectivity index (χ3n) is 4.58. The molecule has 0 saturated carbocycles. The highest BCUT2D eigenvalue weighted by Crippen LogP contribution is 2.24. The van der Waals surface area contributed by atoms with Gasteiger partial charge in [-0.2, -0.15) is 0 Å². The lowest BCUT2D eigenvalue weighted by Crippen LogP contribution is -2.49. The molecule has 0 atom stereocenters. The van der Waals surface area contributed by atoms with Gasteiger partial charge >= 0.3 is 0 Å². The topological polar surface area (TPSA) is 18.5 Å². The molecule has 138 valence electrons. The minimum Gasteiger partial charge on any atom is -0.346 e. The smallest absolute Gasteiger partial charge is 0.173 e. The molecule has 0 aliphatic carbocycles. The Kier molecular flexibility index (Phi) is 6.35. The summed E-state index contributed by atoms with van der Waals surface area (Å²) in [7, 11) is 0. The Balaban J connectivity index is 1.54. The molecule has 1 heterocycles. The van der Waals surface area contributed by atoms with Crippen molar-refractivity contribution in [1.29, 1.82) is 0 Å². The monoisotopic (exact) mass is 411 g/mol. The number of thiocarbonyl (C=S) groups is 1. The van der Waals surface area contributed by atoms with Gasteiger partial charge in [0, 0.05) is 48.5 Å². The van der Waals surface area contributed by atoms with Crippen LogP contribution in [0.4, 0.5) is 10.1 Å². The minimum absolute atomic E-state index is 0.309. The van der Waals surface area contributed by atoms with E-state index >= 15 is 0 Å². The van der Waals surface area contributed by atoms with Crippen LogP contribution in [0.2, 0.25) is 10.0 Å².